The molecular weight excluding hydrogens is 260 g/mol. The minimum atomic E-state index is -0.459. The number of rotatable bonds is 6. The lowest BCUT2D eigenvalue weighted by atomic mass is 9.92. The standard InChI is InChI=1S/C14H26N2O2S/c1-13(2,3)11-7-19-12(15-11)6-16(5)8-14(4,9-17)10-18/h7,17-18H,6,8-10H2,1-5H3. The molecule has 1 aromatic heterocycles. The van der Waals surface area contributed by atoms with Crippen LogP contribution in [0, 0.1) is 5.41 Å². The Labute approximate surface area is 120 Å². The number of aliphatic hydroxyl groups is 2. The fourth-order valence-corrected chi connectivity index (χ4v) is 2.92. The summed E-state index contributed by atoms with van der Waals surface area (Å²) in [5, 5.41) is 21.8. The molecule has 1 rings (SSSR count). The summed E-state index contributed by atoms with van der Waals surface area (Å²) < 4.78 is 0. The first kappa shape index (κ1) is 16.6. The molecule has 0 aliphatic rings. The molecule has 5 heteroatoms. The molecule has 0 amide bonds. The van der Waals surface area contributed by atoms with Crippen molar-refractivity contribution in [1.82, 2.24) is 9.88 Å². The minimum Gasteiger partial charge on any atom is -0.396 e. The second-order valence-electron chi connectivity index (χ2n) is 6.68. The van der Waals surface area contributed by atoms with Gasteiger partial charge in [-0.3, -0.25) is 4.90 Å². The van der Waals surface area contributed by atoms with E-state index in [0.29, 0.717) is 6.54 Å². The smallest absolute Gasteiger partial charge is 0.107 e. The van der Waals surface area contributed by atoms with E-state index in [1.54, 1.807) is 11.3 Å². The number of thiazole rings is 1. The van der Waals surface area contributed by atoms with Gasteiger partial charge in [0.05, 0.1) is 25.5 Å². The zero-order chi connectivity index (χ0) is 14.7. The topological polar surface area (TPSA) is 56.6 Å². The third-order valence-electron chi connectivity index (χ3n) is 3.14. The summed E-state index contributed by atoms with van der Waals surface area (Å²) >= 11 is 1.67. The molecule has 0 atom stereocenters. The average molecular weight is 286 g/mol. The second-order valence-corrected chi connectivity index (χ2v) is 7.62. The monoisotopic (exact) mass is 286 g/mol. The molecule has 0 saturated heterocycles. The van der Waals surface area contributed by atoms with Gasteiger partial charge in [0, 0.05) is 22.8 Å². The number of aromatic nitrogens is 1. The molecular formula is C14H26N2O2S. The molecule has 110 valence electrons. The summed E-state index contributed by atoms with van der Waals surface area (Å²) in [5.74, 6) is 0. The molecule has 0 unspecified atom stereocenters. The van der Waals surface area contributed by atoms with Crippen molar-refractivity contribution in [2.45, 2.75) is 39.7 Å². The van der Waals surface area contributed by atoms with Crippen molar-refractivity contribution < 1.29 is 10.2 Å². The zero-order valence-corrected chi connectivity index (χ0v) is 13.4. The van der Waals surface area contributed by atoms with E-state index >= 15 is 0 Å². The maximum Gasteiger partial charge on any atom is 0.107 e. The molecule has 2 N–H and O–H groups in total. The lowest BCUT2D eigenvalue weighted by Gasteiger charge is -2.29. The van der Waals surface area contributed by atoms with Gasteiger partial charge in [-0.25, -0.2) is 4.98 Å². The van der Waals surface area contributed by atoms with Crippen LogP contribution in [0.25, 0.3) is 0 Å². The van der Waals surface area contributed by atoms with Gasteiger partial charge in [-0.05, 0) is 7.05 Å². The molecule has 0 aliphatic carbocycles. The predicted octanol–water partition coefficient (Wildman–Crippen LogP) is 1.86. The summed E-state index contributed by atoms with van der Waals surface area (Å²) in [6.45, 7) is 9.71. The van der Waals surface area contributed by atoms with Crippen molar-refractivity contribution in [2.75, 3.05) is 26.8 Å². The highest BCUT2D eigenvalue weighted by atomic mass is 32.1. The summed E-state index contributed by atoms with van der Waals surface area (Å²) in [6, 6.07) is 0. The Kier molecular flexibility index (Phi) is 5.50. The Bertz CT molecular complexity index is 394. The molecule has 0 aromatic carbocycles. The molecule has 1 heterocycles. The number of aliphatic hydroxyl groups excluding tert-OH is 2. The maximum atomic E-state index is 9.31. The van der Waals surface area contributed by atoms with Crippen LogP contribution in [-0.4, -0.2) is 46.9 Å². The van der Waals surface area contributed by atoms with Gasteiger partial charge in [-0.1, -0.05) is 27.7 Å². The number of hydrogen-bond acceptors (Lipinski definition) is 5. The van der Waals surface area contributed by atoms with Crippen LogP contribution in [0.4, 0.5) is 0 Å². The van der Waals surface area contributed by atoms with Crippen LogP contribution >= 0.6 is 11.3 Å². The Morgan fingerprint density at radius 1 is 1.21 bits per heavy atom. The van der Waals surface area contributed by atoms with E-state index in [-0.39, 0.29) is 18.6 Å². The molecule has 4 nitrogen and oxygen atoms in total. The zero-order valence-electron chi connectivity index (χ0n) is 12.6. The first-order chi connectivity index (χ1) is 8.70. The van der Waals surface area contributed by atoms with E-state index in [1.165, 1.54) is 0 Å². The minimum absolute atomic E-state index is 0.0149. The van der Waals surface area contributed by atoms with Crippen molar-refractivity contribution in [3.05, 3.63) is 16.1 Å². The predicted molar refractivity (Wildman–Crippen MR) is 79.4 cm³/mol. The van der Waals surface area contributed by atoms with Crippen LogP contribution in [0.1, 0.15) is 38.4 Å². The average Bonchev–Trinajstić information content (AvgIpc) is 2.76. The molecule has 0 aliphatic heterocycles. The Balaban J connectivity index is 2.62. The highest BCUT2D eigenvalue weighted by Gasteiger charge is 2.25. The Morgan fingerprint density at radius 3 is 2.21 bits per heavy atom. The van der Waals surface area contributed by atoms with E-state index < -0.39 is 5.41 Å². The molecule has 0 fully saturated rings. The van der Waals surface area contributed by atoms with Crippen LogP contribution in [0.5, 0.6) is 0 Å². The van der Waals surface area contributed by atoms with Gasteiger partial charge in [0.15, 0.2) is 0 Å². The van der Waals surface area contributed by atoms with Crippen molar-refractivity contribution in [1.29, 1.82) is 0 Å². The molecule has 0 saturated carbocycles. The van der Waals surface area contributed by atoms with E-state index in [2.05, 4.69) is 36.0 Å². The van der Waals surface area contributed by atoms with Crippen molar-refractivity contribution >= 4 is 11.3 Å². The van der Waals surface area contributed by atoms with Crippen LogP contribution in [0.3, 0.4) is 0 Å². The van der Waals surface area contributed by atoms with Gasteiger partial charge in [0.2, 0.25) is 0 Å². The van der Waals surface area contributed by atoms with Crippen LogP contribution in [-0.2, 0) is 12.0 Å². The van der Waals surface area contributed by atoms with Crippen LogP contribution < -0.4 is 0 Å². The van der Waals surface area contributed by atoms with E-state index in [1.807, 2.05) is 14.0 Å². The van der Waals surface area contributed by atoms with Crippen LogP contribution in [0.15, 0.2) is 5.38 Å². The maximum absolute atomic E-state index is 9.31. The van der Waals surface area contributed by atoms with Crippen LogP contribution in [0.2, 0.25) is 0 Å². The SMILES string of the molecule is CN(Cc1nc(C(C)(C)C)cs1)CC(C)(CO)CO. The van der Waals surface area contributed by atoms with Crippen molar-refractivity contribution in [3.8, 4) is 0 Å². The normalized spacial score (nSPS) is 13.3. The lowest BCUT2D eigenvalue weighted by molar-refractivity contribution is 0.0401. The molecule has 0 spiro atoms. The number of hydrogen-bond donors (Lipinski definition) is 2. The summed E-state index contributed by atoms with van der Waals surface area (Å²) in [4.78, 5) is 6.75. The summed E-state index contributed by atoms with van der Waals surface area (Å²) in [6.07, 6.45) is 0. The Hall–Kier alpha value is -0.490. The highest BCUT2D eigenvalue weighted by Crippen LogP contribution is 2.25. The van der Waals surface area contributed by atoms with Gasteiger partial charge in [0.25, 0.3) is 0 Å². The fraction of sp³-hybridized carbons (Fsp3) is 0.786. The first-order valence-corrected chi connectivity index (χ1v) is 7.43. The number of nitrogens with zero attached hydrogens (tertiary/aromatic N) is 2. The molecule has 0 bridgehead atoms. The van der Waals surface area contributed by atoms with Gasteiger partial charge in [-0.15, -0.1) is 11.3 Å². The van der Waals surface area contributed by atoms with E-state index in [4.69, 9.17) is 0 Å². The highest BCUT2D eigenvalue weighted by molar-refractivity contribution is 7.09. The van der Waals surface area contributed by atoms with E-state index in [0.717, 1.165) is 17.2 Å². The molecule has 0 radical (unpaired) electrons. The fourth-order valence-electron chi connectivity index (χ4n) is 1.82. The van der Waals surface area contributed by atoms with Gasteiger partial charge in [0.1, 0.15) is 5.01 Å². The summed E-state index contributed by atoms with van der Waals surface area (Å²) in [7, 11) is 1.99. The Morgan fingerprint density at radius 2 is 1.79 bits per heavy atom. The van der Waals surface area contributed by atoms with Gasteiger partial charge in [-0.2, -0.15) is 0 Å². The first-order valence-electron chi connectivity index (χ1n) is 6.55. The van der Waals surface area contributed by atoms with Gasteiger partial charge < -0.3 is 10.2 Å². The van der Waals surface area contributed by atoms with Crippen molar-refractivity contribution in [2.24, 2.45) is 5.41 Å². The molecule has 19 heavy (non-hydrogen) atoms. The largest absolute Gasteiger partial charge is 0.396 e. The van der Waals surface area contributed by atoms with Gasteiger partial charge >= 0.3 is 0 Å². The molecule has 1 aromatic rings. The quantitative estimate of drug-likeness (QED) is 0.838. The third kappa shape index (κ3) is 4.84. The van der Waals surface area contributed by atoms with Crippen molar-refractivity contribution in [3.63, 3.8) is 0 Å². The second kappa shape index (κ2) is 6.31. The third-order valence-corrected chi connectivity index (χ3v) is 3.97. The lowest BCUT2D eigenvalue weighted by Crippen LogP contribution is -2.38. The summed E-state index contributed by atoms with van der Waals surface area (Å²) in [5.41, 5.74) is 0.740. The van der Waals surface area contributed by atoms with E-state index in [9.17, 15) is 10.2 Å².